The Kier molecular flexibility index (Phi) is 2.58. The van der Waals surface area contributed by atoms with Gasteiger partial charge in [-0.25, -0.2) is 0 Å². The minimum absolute atomic E-state index is 0.745. The molecule has 1 rings (SSSR count). The summed E-state index contributed by atoms with van der Waals surface area (Å²) >= 11 is 0. The fourth-order valence-electron chi connectivity index (χ4n) is 1.21. The van der Waals surface area contributed by atoms with Crippen LogP contribution in [0.15, 0.2) is 12.1 Å². The molecule has 0 aliphatic heterocycles. The number of aryl methyl sites for hydroxylation is 2. The maximum Gasteiger partial charge on any atom is 0.142 e. The molecule has 0 bridgehead atoms. The first kappa shape index (κ1) is 8.91. The number of hydrogen-bond donors (Lipinski definition) is 1. The Bertz CT molecular complexity index is 281. The van der Waals surface area contributed by atoms with Crippen LogP contribution in [0, 0.1) is 6.92 Å². The molecule has 66 valence electrons. The first-order valence-electron chi connectivity index (χ1n) is 4.12. The van der Waals surface area contributed by atoms with Crippen molar-refractivity contribution in [3.8, 4) is 5.75 Å². The quantitative estimate of drug-likeness (QED) is 0.681. The highest BCUT2D eigenvalue weighted by molar-refractivity contribution is 5.59. The van der Waals surface area contributed by atoms with Gasteiger partial charge in [0.2, 0.25) is 0 Å². The molecule has 0 amide bonds. The van der Waals surface area contributed by atoms with Crippen molar-refractivity contribution in [3.63, 3.8) is 0 Å². The predicted molar refractivity (Wildman–Crippen MR) is 51.5 cm³/mol. The lowest BCUT2D eigenvalue weighted by molar-refractivity contribution is 0.416. The summed E-state index contributed by atoms with van der Waals surface area (Å²) in [5.74, 6) is 0.784. The van der Waals surface area contributed by atoms with Gasteiger partial charge < -0.3 is 10.5 Å². The van der Waals surface area contributed by atoms with Gasteiger partial charge in [-0.15, -0.1) is 0 Å². The fourth-order valence-corrected chi connectivity index (χ4v) is 1.21. The number of hydrogen-bond acceptors (Lipinski definition) is 2. The smallest absolute Gasteiger partial charge is 0.142 e. The zero-order valence-electron chi connectivity index (χ0n) is 7.85. The van der Waals surface area contributed by atoms with Gasteiger partial charge in [-0.1, -0.05) is 13.0 Å². The Morgan fingerprint density at radius 3 is 2.58 bits per heavy atom. The molecule has 0 heterocycles. The van der Waals surface area contributed by atoms with Gasteiger partial charge in [0.15, 0.2) is 0 Å². The molecule has 12 heavy (non-hydrogen) atoms. The predicted octanol–water partition coefficient (Wildman–Crippen LogP) is 2.15. The van der Waals surface area contributed by atoms with Crippen molar-refractivity contribution in [2.45, 2.75) is 20.3 Å². The molecule has 0 aromatic heterocycles. The van der Waals surface area contributed by atoms with Crippen LogP contribution in [0.25, 0.3) is 0 Å². The molecular weight excluding hydrogens is 150 g/mol. The third-order valence-corrected chi connectivity index (χ3v) is 2.04. The zero-order valence-corrected chi connectivity index (χ0v) is 7.85. The molecule has 0 unspecified atom stereocenters. The van der Waals surface area contributed by atoms with Crippen molar-refractivity contribution in [3.05, 3.63) is 23.3 Å². The van der Waals surface area contributed by atoms with Gasteiger partial charge in [0, 0.05) is 0 Å². The summed E-state index contributed by atoms with van der Waals surface area (Å²) in [5.41, 5.74) is 8.89. The van der Waals surface area contributed by atoms with Crippen LogP contribution >= 0.6 is 0 Å². The normalized spacial score (nSPS) is 9.92. The number of methoxy groups -OCH3 is 1. The van der Waals surface area contributed by atoms with Gasteiger partial charge in [0.25, 0.3) is 0 Å². The lowest BCUT2D eigenvalue weighted by Crippen LogP contribution is -1.96. The van der Waals surface area contributed by atoms with Gasteiger partial charge in [-0.05, 0) is 30.5 Å². The molecule has 0 saturated carbocycles. The lowest BCUT2D eigenvalue weighted by Gasteiger charge is -2.09. The average Bonchev–Trinajstić information content (AvgIpc) is 2.09. The van der Waals surface area contributed by atoms with Crippen LogP contribution in [0.3, 0.4) is 0 Å². The number of nitrogen functional groups attached to an aromatic ring is 1. The molecule has 2 nitrogen and oxygen atoms in total. The Morgan fingerprint density at radius 2 is 2.08 bits per heavy atom. The van der Waals surface area contributed by atoms with Crippen LogP contribution < -0.4 is 10.5 Å². The Morgan fingerprint density at radius 1 is 1.42 bits per heavy atom. The molecule has 0 saturated heterocycles. The minimum atomic E-state index is 0.745. The molecule has 1 aromatic rings. The molecule has 0 aliphatic carbocycles. The molecule has 0 radical (unpaired) electrons. The second kappa shape index (κ2) is 3.48. The molecule has 0 spiro atoms. The van der Waals surface area contributed by atoms with Crippen LogP contribution in [-0.2, 0) is 6.42 Å². The highest BCUT2D eigenvalue weighted by Crippen LogP contribution is 2.26. The molecule has 0 fully saturated rings. The van der Waals surface area contributed by atoms with E-state index in [1.807, 2.05) is 13.0 Å². The van der Waals surface area contributed by atoms with E-state index in [-0.39, 0.29) is 0 Å². The molecule has 0 aliphatic rings. The third-order valence-electron chi connectivity index (χ3n) is 2.04. The summed E-state index contributed by atoms with van der Waals surface area (Å²) in [7, 11) is 1.64. The molecule has 2 N–H and O–H groups in total. The molecule has 0 atom stereocenters. The van der Waals surface area contributed by atoms with E-state index in [1.54, 1.807) is 7.11 Å². The summed E-state index contributed by atoms with van der Waals surface area (Å²) in [6.07, 6.45) is 1.01. The zero-order chi connectivity index (χ0) is 9.14. The van der Waals surface area contributed by atoms with Crippen LogP contribution in [-0.4, -0.2) is 7.11 Å². The molecular formula is C10H15NO. The van der Waals surface area contributed by atoms with Gasteiger partial charge in [0.05, 0.1) is 12.8 Å². The lowest BCUT2D eigenvalue weighted by atomic mass is 10.1. The van der Waals surface area contributed by atoms with Crippen molar-refractivity contribution in [2.75, 3.05) is 12.8 Å². The number of anilines is 1. The molecule has 1 aromatic carbocycles. The largest absolute Gasteiger partial charge is 0.495 e. The Balaban J connectivity index is 3.19. The van der Waals surface area contributed by atoms with Gasteiger partial charge in [-0.3, -0.25) is 0 Å². The van der Waals surface area contributed by atoms with Crippen molar-refractivity contribution >= 4 is 5.69 Å². The highest BCUT2D eigenvalue weighted by Gasteiger charge is 2.03. The van der Waals surface area contributed by atoms with Crippen molar-refractivity contribution < 1.29 is 4.74 Å². The molecule has 2 heteroatoms. The first-order valence-corrected chi connectivity index (χ1v) is 4.12. The van der Waals surface area contributed by atoms with E-state index < -0.39 is 0 Å². The SMILES string of the molecule is CCc1cc(C)c(N)c(OC)c1. The van der Waals surface area contributed by atoms with E-state index in [9.17, 15) is 0 Å². The van der Waals surface area contributed by atoms with Crippen molar-refractivity contribution in [1.82, 2.24) is 0 Å². The van der Waals surface area contributed by atoms with Crippen LogP contribution in [0.1, 0.15) is 18.1 Å². The van der Waals surface area contributed by atoms with E-state index in [1.165, 1.54) is 5.56 Å². The van der Waals surface area contributed by atoms with Gasteiger partial charge in [0.1, 0.15) is 5.75 Å². The summed E-state index contributed by atoms with van der Waals surface area (Å²) in [4.78, 5) is 0. The van der Waals surface area contributed by atoms with Crippen LogP contribution in [0.4, 0.5) is 5.69 Å². The van der Waals surface area contributed by atoms with E-state index in [4.69, 9.17) is 10.5 Å². The first-order chi connectivity index (χ1) is 5.69. The van der Waals surface area contributed by atoms with Crippen LogP contribution in [0.5, 0.6) is 5.75 Å². The Hall–Kier alpha value is -1.18. The van der Waals surface area contributed by atoms with E-state index >= 15 is 0 Å². The maximum atomic E-state index is 5.79. The summed E-state index contributed by atoms with van der Waals surface area (Å²) < 4.78 is 5.14. The monoisotopic (exact) mass is 165 g/mol. The summed E-state index contributed by atoms with van der Waals surface area (Å²) in [5, 5.41) is 0. The second-order valence-corrected chi connectivity index (χ2v) is 2.88. The third kappa shape index (κ3) is 1.52. The number of nitrogens with two attached hydrogens (primary N) is 1. The van der Waals surface area contributed by atoms with Crippen molar-refractivity contribution in [1.29, 1.82) is 0 Å². The fraction of sp³-hybridized carbons (Fsp3) is 0.400. The van der Waals surface area contributed by atoms with Gasteiger partial charge >= 0.3 is 0 Å². The maximum absolute atomic E-state index is 5.79. The number of ether oxygens (including phenoxy) is 1. The van der Waals surface area contributed by atoms with Gasteiger partial charge in [-0.2, -0.15) is 0 Å². The second-order valence-electron chi connectivity index (χ2n) is 2.88. The van der Waals surface area contributed by atoms with E-state index in [2.05, 4.69) is 13.0 Å². The van der Waals surface area contributed by atoms with E-state index in [0.29, 0.717) is 0 Å². The minimum Gasteiger partial charge on any atom is -0.495 e. The van der Waals surface area contributed by atoms with Crippen molar-refractivity contribution in [2.24, 2.45) is 0 Å². The standard InChI is InChI=1S/C10H15NO/c1-4-8-5-7(2)10(11)9(6-8)12-3/h5-6H,4,11H2,1-3H3. The average molecular weight is 165 g/mol. The topological polar surface area (TPSA) is 35.2 Å². The summed E-state index contributed by atoms with van der Waals surface area (Å²) in [6, 6.07) is 4.08. The Labute approximate surface area is 73.3 Å². The number of rotatable bonds is 2. The number of benzene rings is 1. The van der Waals surface area contributed by atoms with E-state index in [0.717, 1.165) is 23.4 Å². The highest BCUT2D eigenvalue weighted by atomic mass is 16.5. The summed E-state index contributed by atoms with van der Waals surface area (Å²) in [6.45, 7) is 4.11. The van der Waals surface area contributed by atoms with Crippen LogP contribution in [0.2, 0.25) is 0 Å².